The SMILES string of the molecule is Br.CN1CCCC(O)(O)C1. The largest absolute Gasteiger partial charge is 0.365 e. The Morgan fingerprint density at radius 2 is 2.00 bits per heavy atom. The van der Waals surface area contributed by atoms with E-state index in [0.29, 0.717) is 13.0 Å². The van der Waals surface area contributed by atoms with Crippen molar-refractivity contribution >= 4 is 17.0 Å². The van der Waals surface area contributed by atoms with Gasteiger partial charge in [0, 0.05) is 6.42 Å². The summed E-state index contributed by atoms with van der Waals surface area (Å²) in [7, 11) is 1.89. The van der Waals surface area contributed by atoms with E-state index in [1.165, 1.54) is 0 Å². The molecule has 0 spiro atoms. The zero-order valence-corrected chi connectivity index (χ0v) is 7.79. The lowest BCUT2D eigenvalue weighted by Gasteiger charge is -2.32. The Balaban J connectivity index is 0.000000810. The van der Waals surface area contributed by atoms with Crippen LogP contribution in [-0.2, 0) is 0 Å². The van der Waals surface area contributed by atoms with Gasteiger partial charge in [0.25, 0.3) is 0 Å². The first-order valence-electron chi connectivity index (χ1n) is 3.23. The molecule has 1 fully saturated rings. The Labute approximate surface area is 71.4 Å². The van der Waals surface area contributed by atoms with E-state index in [-0.39, 0.29) is 17.0 Å². The molecule has 62 valence electrons. The summed E-state index contributed by atoms with van der Waals surface area (Å²) in [6, 6.07) is 0. The number of hydrogen-bond acceptors (Lipinski definition) is 3. The van der Waals surface area contributed by atoms with E-state index in [9.17, 15) is 0 Å². The second-order valence-corrected chi connectivity index (χ2v) is 2.82. The van der Waals surface area contributed by atoms with E-state index in [1.807, 2.05) is 11.9 Å². The van der Waals surface area contributed by atoms with Crippen LogP contribution in [-0.4, -0.2) is 41.0 Å². The molecule has 10 heavy (non-hydrogen) atoms. The highest BCUT2D eigenvalue weighted by molar-refractivity contribution is 8.93. The zero-order chi connectivity index (χ0) is 6.91. The highest BCUT2D eigenvalue weighted by Crippen LogP contribution is 2.15. The maximum Gasteiger partial charge on any atom is 0.175 e. The Morgan fingerprint density at radius 1 is 1.40 bits per heavy atom. The second-order valence-electron chi connectivity index (χ2n) is 2.82. The van der Waals surface area contributed by atoms with E-state index in [2.05, 4.69) is 0 Å². The molecule has 2 N–H and O–H groups in total. The van der Waals surface area contributed by atoms with Crippen LogP contribution in [0.1, 0.15) is 12.8 Å². The molecule has 0 radical (unpaired) electrons. The summed E-state index contributed by atoms with van der Waals surface area (Å²) in [5, 5.41) is 18.1. The van der Waals surface area contributed by atoms with Gasteiger partial charge in [-0.2, -0.15) is 0 Å². The molecule has 0 saturated carbocycles. The minimum atomic E-state index is -1.42. The summed E-state index contributed by atoms with van der Waals surface area (Å²) in [6.45, 7) is 1.36. The Kier molecular flexibility index (Phi) is 3.80. The van der Waals surface area contributed by atoms with E-state index in [1.54, 1.807) is 0 Å². The highest BCUT2D eigenvalue weighted by Gasteiger charge is 2.28. The molecule has 0 aliphatic carbocycles. The maximum atomic E-state index is 9.06. The summed E-state index contributed by atoms with van der Waals surface area (Å²) < 4.78 is 0. The molecule has 0 aromatic heterocycles. The first-order valence-corrected chi connectivity index (χ1v) is 3.23. The number of nitrogens with zero attached hydrogens (tertiary/aromatic N) is 1. The minimum absolute atomic E-state index is 0. The van der Waals surface area contributed by atoms with E-state index in [4.69, 9.17) is 10.2 Å². The number of aliphatic hydroxyl groups is 2. The third-order valence-electron chi connectivity index (χ3n) is 1.64. The normalized spacial score (nSPS) is 25.5. The number of hydrogen-bond donors (Lipinski definition) is 2. The topological polar surface area (TPSA) is 43.7 Å². The Hall–Kier alpha value is 0.360. The van der Waals surface area contributed by atoms with Crippen LogP contribution in [0.4, 0.5) is 0 Å². The highest BCUT2D eigenvalue weighted by atomic mass is 79.9. The molecule has 1 saturated heterocycles. The van der Waals surface area contributed by atoms with Crippen molar-refractivity contribution in [2.75, 3.05) is 20.1 Å². The van der Waals surface area contributed by atoms with Crippen LogP contribution in [0.2, 0.25) is 0 Å². The van der Waals surface area contributed by atoms with Crippen molar-refractivity contribution in [1.29, 1.82) is 0 Å². The fourth-order valence-corrected chi connectivity index (χ4v) is 1.22. The van der Waals surface area contributed by atoms with Crippen molar-refractivity contribution in [2.24, 2.45) is 0 Å². The number of rotatable bonds is 0. The molecular weight excluding hydrogens is 198 g/mol. The monoisotopic (exact) mass is 211 g/mol. The van der Waals surface area contributed by atoms with E-state index >= 15 is 0 Å². The van der Waals surface area contributed by atoms with Crippen molar-refractivity contribution in [1.82, 2.24) is 4.90 Å². The molecule has 0 bridgehead atoms. The van der Waals surface area contributed by atoms with Gasteiger partial charge in [-0.15, -0.1) is 17.0 Å². The number of piperidine rings is 1. The van der Waals surface area contributed by atoms with Crippen LogP contribution in [0.25, 0.3) is 0 Å². The average Bonchev–Trinajstić information content (AvgIpc) is 1.60. The van der Waals surface area contributed by atoms with Gasteiger partial charge in [0.1, 0.15) is 0 Å². The van der Waals surface area contributed by atoms with Crippen molar-refractivity contribution in [3.05, 3.63) is 0 Å². The van der Waals surface area contributed by atoms with Crippen molar-refractivity contribution in [3.8, 4) is 0 Å². The lowest BCUT2D eigenvalue weighted by atomic mass is 10.1. The van der Waals surface area contributed by atoms with Crippen LogP contribution in [0, 0.1) is 0 Å². The first-order chi connectivity index (χ1) is 4.10. The summed E-state index contributed by atoms with van der Waals surface area (Å²) in [5.74, 6) is -1.42. The van der Waals surface area contributed by atoms with Gasteiger partial charge in [-0.3, -0.25) is 0 Å². The quantitative estimate of drug-likeness (QED) is 0.554. The average molecular weight is 212 g/mol. The third-order valence-corrected chi connectivity index (χ3v) is 1.64. The van der Waals surface area contributed by atoms with Gasteiger partial charge < -0.3 is 15.1 Å². The molecule has 0 atom stereocenters. The van der Waals surface area contributed by atoms with Gasteiger partial charge in [-0.25, -0.2) is 0 Å². The van der Waals surface area contributed by atoms with Crippen LogP contribution in [0.5, 0.6) is 0 Å². The molecule has 0 aromatic carbocycles. The number of likely N-dealkylation sites (N-methyl/N-ethyl adjacent to an activating group) is 1. The first kappa shape index (κ1) is 10.4. The third kappa shape index (κ3) is 2.96. The van der Waals surface area contributed by atoms with Gasteiger partial charge in [-0.1, -0.05) is 0 Å². The summed E-state index contributed by atoms with van der Waals surface area (Å²) >= 11 is 0. The molecule has 0 aromatic rings. The Morgan fingerprint density at radius 3 is 2.30 bits per heavy atom. The lowest BCUT2D eigenvalue weighted by Crippen LogP contribution is -2.46. The van der Waals surface area contributed by atoms with E-state index in [0.717, 1.165) is 13.0 Å². The smallest absolute Gasteiger partial charge is 0.175 e. The molecule has 4 heteroatoms. The number of β-amino-alcohol motifs (C(OH)–C–C–N with tert-alkyl or cyclic N) is 2. The molecule has 3 nitrogen and oxygen atoms in total. The summed E-state index contributed by atoms with van der Waals surface area (Å²) in [6.07, 6.45) is 1.39. The molecule has 0 unspecified atom stereocenters. The maximum absolute atomic E-state index is 9.06. The van der Waals surface area contributed by atoms with Crippen LogP contribution >= 0.6 is 17.0 Å². The minimum Gasteiger partial charge on any atom is -0.365 e. The Bertz CT molecular complexity index is 108. The predicted octanol–water partition coefficient (Wildman–Crippen LogP) is -0.0292. The number of halogens is 1. The molecule has 1 heterocycles. The summed E-state index contributed by atoms with van der Waals surface area (Å²) in [5.41, 5.74) is 0. The fourth-order valence-electron chi connectivity index (χ4n) is 1.22. The number of likely N-dealkylation sites (tertiary alicyclic amines) is 1. The molecule has 1 rings (SSSR count). The van der Waals surface area contributed by atoms with Crippen LogP contribution in [0.3, 0.4) is 0 Å². The standard InChI is InChI=1S/C6H13NO2.BrH/c1-7-4-2-3-6(8,9)5-7;/h8-9H,2-5H2,1H3;1H. The van der Waals surface area contributed by atoms with Gasteiger partial charge in [0.2, 0.25) is 0 Å². The summed E-state index contributed by atoms with van der Waals surface area (Å²) in [4.78, 5) is 1.92. The van der Waals surface area contributed by atoms with Crippen molar-refractivity contribution in [2.45, 2.75) is 18.6 Å². The molecule has 0 amide bonds. The van der Waals surface area contributed by atoms with Crippen molar-refractivity contribution in [3.63, 3.8) is 0 Å². The predicted molar refractivity (Wildman–Crippen MR) is 44.2 cm³/mol. The lowest BCUT2D eigenvalue weighted by molar-refractivity contribution is -0.189. The van der Waals surface area contributed by atoms with Gasteiger partial charge in [0.15, 0.2) is 5.79 Å². The fraction of sp³-hybridized carbons (Fsp3) is 1.00. The van der Waals surface area contributed by atoms with Crippen LogP contribution in [0.15, 0.2) is 0 Å². The van der Waals surface area contributed by atoms with Gasteiger partial charge in [-0.05, 0) is 20.0 Å². The molecule has 1 aliphatic heterocycles. The van der Waals surface area contributed by atoms with Gasteiger partial charge >= 0.3 is 0 Å². The van der Waals surface area contributed by atoms with Crippen molar-refractivity contribution < 1.29 is 10.2 Å². The molecule has 1 aliphatic rings. The molecular formula is C6H14BrNO2. The zero-order valence-electron chi connectivity index (χ0n) is 6.08. The van der Waals surface area contributed by atoms with Gasteiger partial charge in [0.05, 0.1) is 6.54 Å². The second kappa shape index (κ2) is 3.67. The van der Waals surface area contributed by atoms with E-state index < -0.39 is 5.79 Å². The van der Waals surface area contributed by atoms with Crippen LogP contribution < -0.4 is 0 Å².